The van der Waals surface area contributed by atoms with Crippen LogP contribution in [0.25, 0.3) is 0 Å². The van der Waals surface area contributed by atoms with E-state index in [9.17, 15) is 13.2 Å². The highest BCUT2D eigenvalue weighted by Gasteiger charge is 2.32. The maximum Gasteiger partial charge on any atom is 0.573 e. The minimum atomic E-state index is -4.61. The largest absolute Gasteiger partial charge is 0.573 e. The van der Waals surface area contributed by atoms with Crippen molar-refractivity contribution < 1.29 is 17.9 Å². The second-order valence-electron chi connectivity index (χ2n) is 4.56. The molecule has 0 bridgehead atoms. The maximum atomic E-state index is 12.0. The van der Waals surface area contributed by atoms with Crippen LogP contribution in [-0.4, -0.2) is 6.36 Å². The number of halogens is 3. The predicted molar refractivity (Wildman–Crippen MR) is 58.9 cm³/mol. The molecule has 2 rings (SSSR count). The second kappa shape index (κ2) is 4.59. The van der Waals surface area contributed by atoms with E-state index >= 15 is 0 Å². The lowest BCUT2D eigenvalue weighted by molar-refractivity contribution is -0.274. The summed E-state index contributed by atoms with van der Waals surface area (Å²) in [6.45, 7) is 2.17. The first-order valence-electron chi connectivity index (χ1n) is 5.83. The molecule has 1 saturated carbocycles. The van der Waals surface area contributed by atoms with E-state index in [0.717, 1.165) is 24.3 Å². The van der Waals surface area contributed by atoms with Crippen LogP contribution in [0.2, 0.25) is 0 Å². The molecule has 0 radical (unpaired) electrons. The molecule has 0 N–H and O–H groups in total. The Morgan fingerprint density at radius 3 is 2.24 bits per heavy atom. The normalized spacial score (nSPS) is 24.2. The lowest BCUT2D eigenvalue weighted by Crippen LogP contribution is -2.21. The lowest BCUT2D eigenvalue weighted by Gasteiger charge is -2.35. The van der Waals surface area contributed by atoms with Crippen LogP contribution in [0.5, 0.6) is 5.75 Å². The van der Waals surface area contributed by atoms with Crippen molar-refractivity contribution in [1.82, 2.24) is 0 Å². The summed E-state index contributed by atoms with van der Waals surface area (Å²) >= 11 is 0. The number of alkyl halides is 3. The fourth-order valence-corrected chi connectivity index (χ4v) is 2.28. The average molecular weight is 244 g/mol. The van der Waals surface area contributed by atoms with Crippen molar-refractivity contribution in [2.45, 2.75) is 38.5 Å². The highest BCUT2D eigenvalue weighted by molar-refractivity contribution is 5.30. The quantitative estimate of drug-likeness (QED) is 0.761. The van der Waals surface area contributed by atoms with Crippen molar-refractivity contribution >= 4 is 0 Å². The Morgan fingerprint density at radius 1 is 1.18 bits per heavy atom. The van der Waals surface area contributed by atoms with Crippen LogP contribution >= 0.6 is 0 Å². The zero-order valence-corrected chi connectivity index (χ0v) is 9.63. The van der Waals surface area contributed by atoms with Gasteiger partial charge in [-0.05, 0) is 42.4 Å². The van der Waals surface area contributed by atoms with Crippen molar-refractivity contribution in [3.8, 4) is 5.75 Å². The van der Waals surface area contributed by atoms with E-state index in [1.54, 1.807) is 12.1 Å². The van der Waals surface area contributed by atoms with Crippen molar-refractivity contribution in [1.29, 1.82) is 0 Å². The molecule has 0 atom stereocenters. The van der Waals surface area contributed by atoms with Gasteiger partial charge in [0.25, 0.3) is 0 Å². The maximum absolute atomic E-state index is 12.0. The Morgan fingerprint density at radius 2 is 1.76 bits per heavy atom. The van der Waals surface area contributed by atoms with Gasteiger partial charge in [0.15, 0.2) is 0 Å². The first-order chi connectivity index (χ1) is 7.98. The van der Waals surface area contributed by atoms with E-state index in [2.05, 4.69) is 11.7 Å². The number of rotatable bonds is 3. The Kier molecular flexibility index (Phi) is 3.31. The number of ether oxygens (including phenoxy) is 1. The molecule has 0 unspecified atom stereocenters. The van der Waals surface area contributed by atoms with E-state index in [1.165, 1.54) is 18.6 Å². The summed E-state index contributed by atoms with van der Waals surface area (Å²) in [5.74, 6) is 1.15. The van der Waals surface area contributed by atoms with Gasteiger partial charge in [0.1, 0.15) is 5.75 Å². The van der Waals surface area contributed by atoms with E-state index in [-0.39, 0.29) is 5.75 Å². The SMILES string of the molecule is CCC1CC(c2ccc(OC(F)(F)F)cc2)C1. The van der Waals surface area contributed by atoms with Gasteiger partial charge in [-0.15, -0.1) is 13.2 Å². The fraction of sp³-hybridized carbons (Fsp3) is 0.538. The Hall–Kier alpha value is -1.19. The molecule has 1 aliphatic carbocycles. The average Bonchev–Trinajstić information content (AvgIpc) is 2.16. The molecule has 17 heavy (non-hydrogen) atoms. The summed E-state index contributed by atoms with van der Waals surface area (Å²) in [4.78, 5) is 0. The number of hydrogen-bond donors (Lipinski definition) is 0. The lowest BCUT2D eigenvalue weighted by atomic mass is 9.70. The molecule has 0 spiro atoms. The molecule has 94 valence electrons. The van der Waals surface area contributed by atoms with Gasteiger partial charge >= 0.3 is 6.36 Å². The van der Waals surface area contributed by atoms with Gasteiger partial charge in [-0.1, -0.05) is 25.5 Å². The molecule has 0 amide bonds. The molecular weight excluding hydrogens is 229 g/mol. The van der Waals surface area contributed by atoms with Gasteiger partial charge in [-0.25, -0.2) is 0 Å². The summed E-state index contributed by atoms with van der Waals surface area (Å²) in [5, 5.41) is 0. The molecule has 1 nitrogen and oxygen atoms in total. The van der Waals surface area contributed by atoms with E-state index < -0.39 is 6.36 Å². The van der Waals surface area contributed by atoms with E-state index in [0.29, 0.717) is 5.92 Å². The Bertz CT molecular complexity index is 363. The first-order valence-corrected chi connectivity index (χ1v) is 5.83. The summed E-state index contributed by atoms with van der Waals surface area (Å²) in [7, 11) is 0. The first kappa shape index (κ1) is 12.3. The van der Waals surface area contributed by atoms with Gasteiger partial charge in [0.05, 0.1) is 0 Å². The Balaban J connectivity index is 1.95. The number of benzene rings is 1. The molecule has 0 heterocycles. The predicted octanol–water partition coefficient (Wildman–Crippen LogP) is 4.49. The Labute approximate surface area is 98.6 Å². The summed E-state index contributed by atoms with van der Waals surface area (Å²) < 4.78 is 39.7. The van der Waals surface area contributed by atoms with E-state index in [4.69, 9.17) is 0 Å². The second-order valence-corrected chi connectivity index (χ2v) is 4.56. The molecule has 0 aliphatic heterocycles. The van der Waals surface area contributed by atoms with Gasteiger partial charge in [-0.2, -0.15) is 0 Å². The molecule has 4 heteroatoms. The zero-order valence-electron chi connectivity index (χ0n) is 9.63. The third-order valence-corrected chi connectivity index (χ3v) is 3.40. The molecule has 1 fully saturated rings. The minimum absolute atomic E-state index is 0.146. The topological polar surface area (TPSA) is 9.23 Å². The number of hydrogen-bond acceptors (Lipinski definition) is 1. The third-order valence-electron chi connectivity index (χ3n) is 3.40. The molecule has 0 aromatic heterocycles. The highest BCUT2D eigenvalue weighted by Crippen LogP contribution is 2.43. The third kappa shape index (κ3) is 3.14. The van der Waals surface area contributed by atoms with Gasteiger partial charge < -0.3 is 4.74 Å². The standard InChI is InChI=1S/C13H15F3O/c1-2-9-7-11(8-9)10-3-5-12(6-4-10)17-13(14,15)16/h3-6,9,11H,2,7-8H2,1H3. The van der Waals surface area contributed by atoms with Gasteiger partial charge in [0, 0.05) is 0 Å². The van der Waals surface area contributed by atoms with Gasteiger partial charge in [-0.3, -0.25) is 0 Å². The highest BCUT2D eigenvalue weighted by atomic mass is 19.4. The van der Waals surface area contributed by atoms with Crippen LogP contribution in [0, 0.1) is 5.92 Å². The van der Waals surface area contributed by atoms with Crippen molar-refractivity contribution in [2.24, 2.45) is 5.92 Å². The smallest absolute Gasteiger partial charge is 0.406 e. The molecule has 1 aromatic rings. The van der Waals surface area contributed by atoms with Crippen LogP contribution in [0.4, 0.5) is 13.2 Å². The van der Waals surface area contributed by atoms with Crippen molar-refractivity contribution in [3.05, 3.63) is 29.8 Å². The van der Waals surface area contributed by atoms with Crippen molar-refractivity contribution in [3.63, 3.8) is 0 Å². The van der Waals surface area contributed by atoms with Crippen LogP contribution < -0.4 is 4.74 Å². The van der Waals surface area contributed by atoms with Crippen LogP contribution in [0.1, 0.15) is 37.7 Å². The summed E-state index contributed by atoms with van der Waals surface area (Å²) in [5.41, 5.74) is 1.12. The molecule has 0 saturated heterocycles. The van der Waals surface area contributed by atoms with Gasteiger partial charge in [0.2, 0.25) is 0 Å². The fourth-order valence-electron chi connectivity index (χ4n) is 2.28. The van der Waals surface area contributed by atoms with Crippen LogP contribution in [0.3, 0.4) is 0 Å². The summed E-state index contributed by atoms with van der Waals surface area (Å²) in [6, 6.07) is 6.25. The van der Waals surface area contributed by atoms with Crippen molar-refractivity contribution in [2.75, 3.05) is 0 Å². The zero-order chi connectivity index (χ0) is 12.5. The summed E-state index contributed by atoms with van der Waals surface area (Å²) in [6.07, 6.45) is -1.12. The molecule has 1 aliphatic rings. The van der Waals surface area contributed by atoms with Crippen LogP contribution in [-0.2, 0) is 0 Å². The molecular formula is C13H15F3O. The van der Waals surface area contributed by atoms with E-state index in [1.807, 2.05) is 0 Å². The monoisotopic (exact) mass is 244 g/mol. The van der Waals surface area contributed by atoms with Crippen LogP contribution in [0.15, 0.2) is 24.3 Å². The molecule has 1 aromatic carbocycles. The minimum Gasteiger partial charge on any atom is -0.406 e.